The van der Waals surface area contributed by atoms with E-state index in [0.29, 0.717) is 13.2 Å². The Labute approximate surface area is 132 Å². The number of hydrogen-bond donors (Lipinski definition) is 1. The lowest BCUT2D eigenvalue weighted by Crippen LogP contribution is -2.23. The van der Waals surface area contributed by atoms with Crippen LogP contribution in [0.5, 0.6) is 0 Å². The summed E-state index contributed by atoms with van der Waals surface area (Å²) in [6.07, 6.45) is 7.12. The highest BCUT2D eigenvalue weighted by Crippen LogP contribution is 2.26. The maximum absolute atomic E-state index is 11.7. The van der Waals surface area contributed by atoms with Crippen molar-refractivity contribution in [3.05, 3.63) is 54.0 Å². The number of aromatic nitrogens is 3. The minimum atomic E-state index is -0.304. The number of carbonyl (C=O) groups excluding carboxylic acids is 1. The normalized spacial score (nSPS) is 14.8. The molecule has 3 heterocycles. The second kappa shape index (κ2) is 5.57. The molecule has 0 aliphatic carbocycles. The van der Waals surface area contributed by atoms with Crippen molar-refractivity contribution >= 4 is 34.8 Å². The number of nitrogens with one attached hydrogen (secondary N) is 1. The van der Waals surface area contributed by atoms with Crippen LogP contribution in [0.2, 0.25) is 0 Å². The Hall–Kier alpha value is -3.15. The zero-order chi connectivity index (χ0) is 15.6. The van der Waals surface area contributed by atoms with Gasteiger partial charge in [-0.1, -0.05) is 6.08 Å². The van der Waals surface area contributed by atoms with Crippen LogP contribution in [0, 0.1) is 0 Å². The summed E-state index contributed by atoms with van der Waals surface area (Å²) in [7, 11) is 0. The van der Waals surface area contributed by atoms with Crippen LogP contribution >= 0.6 is 0 Å². The number of hydrogen-bond acceptors (Lipinski definition) is 4. The van der Waals surface area contributed by atoms with Gasteiger partial charge >= 0.3 is 6.09 Å². The van der Waals surface area contributed by atoms with E-state index in [0.717, 1.165) is 27.8 Å². The highest BCUT2D eigenvalue weighted by molar-refractivity contribution is 5.96. The van der Waals surface area contributed by atoms with Crippen molar-refractivity contribution in [2.75, 3.05) is 18.1 Å². The molecule has 2 aromatic heterocycles. The number of amides is 1. The van der Waals surface area contributed by atoms with Crippen molar-refractivity contribution in [3.63, 3.8) is 0 Å². The molecule has 23 heavy (non-hydrogen) atoms. The summed E-state index contributed by atoms with van der Waals surface area (Å²) in [5.41, 5.74) is 3.62. The third-order valence-corrected chi connectivity index (χ3v) is 3.79. The molecular formula is C17H14N4O2. The number of carbonyl (C=O) groups is 1. The van der Waals surface area contributed by atoms with Gasteiger partial charge in [0.15, 0.2) is 0 Å². The largest absolute Gasteiger partial charge is 0.447 e. The molecule has 0 unspecified atom stereocenters. The highest BCUT2D eigenvalue weighted by Gasteiger charge is 2.23. The maximum Gasteiger partial charge on any atom is 0.414 e. The Morgan fingerprint density at radius 1 is 1.17 bits per heavy atom. The predicted molar refractivity (Wildman–Crippen MR) is 88.0 cm³/mol. The molecule has 114 valence electrons. The molecule has 1 amide bonds. The highest BCUT2D eigenvalue weighted by atomic mass is 16.6. The molecule has 0 spiro atoms. The van der Waals surface area contributed by atoms with Crippen LogP contribution in [0.1, 0.15) is 11.3 Å². The second-order valence-corrected chi connectivity index (χ2v) is 5.22. The first-order valence-corrected chi connectivity index (χ1v) is 7.32. The molecule has 0 radical (unpaired) electrons. The molecule has 1 fully saturated rings. The monoisotopic (exact) mass is 306 g/mol. The third kappa shape index (κ3) is 2.55. The van der Waals surface area contributed by atoms with Gasteiger partial charge in [0.25, 0.3) is 0 Å². The van der Waals surface area contributed by atoms with E-state index < -0.39 is 0 Å². The number of fused-ring (bicyclic) bond motifs is 1. The molecule has 1 aliphatic heterocycles. The predicted octanol–water partition coefficient (Wildman–Crippen LogP) is 3.08. The van der Waals surface area contributed by atoms with Gasteiger partial charge < -0.3 is 4.74 Å². The standard InChI is InChI=1S/C17H14N4O2/c22-17-21(9-10-23-17)13-2-4-16-14(11-13)15(19-20-16)3-1-12-5-7-18-8-6-12/h1-8,11H,9-10H2,(H,19,20). The van der Waals surface area contributed by atoms with Crippen LogP contribution in [0.15, 0.2) is 42.7 Å². The lowest BCUT2D eigenvalue weighted by atomic mass is 10.1. The molecule has 6 heteroatoms. The van der Waals surface area contributed by atoms with Crippen LogP contribution in [-0.2, 0) is 4.74 Å². The van der Waals surface area contributed by atoms with Gasteiger partial charge in [0.2, 0.25) is 0 Å². The Morgan fingerprint density at radius 2 is 2.04 bits per heavy atom. The minimum absolute atomic E-state index is 0.304. The molecule has 6 nitrogen and oxygen atoms in total. The number of anilines is 1. The van der Waals surface area contributed by atoms with Crippen molar-refractivity contribution < 1.29 is 9.53 Å². The van der Waals surface area contributed by atoms with Crippen LogP contribution < -0.4 is 4.90 Å². The first-order chi connectivity index (χ1) is 11.3. The summed E-state index contributed by atoms with van der Waals surface area (Å²) in [5, 5.41) is 8.31. The second-order valence-electron chi connectivity index (χ2n) is 5.22. The van der Waals surface area contributed by atoms with E-state index in [-0.39, 0.29) is 6.09 Å². The average molecular weight is 306 g/mol. The lowest BCUT2D eigenvalue weighted by molar-refractivity contribution is 0.181. The lowest BCUT2D eigenvalue weighted by Gasteiger charge is -2.12. The molecule has 4 rings (SSSR count). The molecule has 0 atom stereocenters. The molecular weight excluding hydrogens is 292 g/mol. The van der Waals surface area contributed by atoms with E-state index in [1.165, 1.54) is 0 Å². The van der Waals surface area contributed by atoms with E-state index in [9.17, 15) is 4.79 Å². The van der Waals surface area contributed by atoms with Gasteiger partial charge in [0, 0.05) is 23.5 Å². The number of ether oxygens (including phenoxy) is 1. The van der Waals surface area contributed by atoms with Gasteiger partial charge in [-0.2, -0.15) is 5.10 Å². The van der Waals surface area contributed by atoms with E-state index in [2.05, 4.69) is 15.2 Å². The molecule has 0 bridgehead atoms. The maximum atomic E-state index is 11.7. The van der Waals surface area contributed by atoms with E-state index >= 15 is 0 Å². The summed E-state index contributed by atoms with van der Waals surface area (Å²) in [6, 6.07) is 9.63. The zero-order valence-electron chi connectivity index (χ0n) is 12.3. The fourth-order valence-electron chi connectivity index (χ4n) is 2.59. The fourth-order valence-corrected chi connectivity index (χ4v) is 2.59. The zero-order valence-corrected chi connectivity index (χ0v) is 12.3. The molecule has 1 aliphatic rings. The van der Waals surface area contributed by atoms with Crippen molar-refractivity contribution in [3.8, 4) is 0 Å². The van der Waals surface area contributed by atoms with E-state index in [4.69, 9.17) is 4.74 Å². The summed E-state index contributed by atoms with van der Waals surface area (Å²) >= 11 is 0. The fraction of sp³-hybridized carbons (Fsp3) is 0.118. The summed E-state index contributed by atoms with van der Waals surface area (Å²) < 4.78 is 4.99. The Bertz CT molecular complexity index is 886. The van der Waals surface area contributed by atoms with Crippen molar-refractivity contribution in [2.24, 2.45) is 0 Å². The van der Waals surface area contributed by atoms with Crippen molar-refractivity contribution in [1.29, 1.82) is 0 Å². The first kappa shape index (κ1) is 13.5. The third-order valence-electron chi connectivity index (χ3n) is 3.79. The quantitative estimate of drug-likeness (QED) is 0.807. The number of cyclic esters (lactones) is 1. The Kier molecular flexibility index (Phi) is 3.27. The van der Waals surface area contributed by atoms with Crippen LogP contribution in [-0.4, -0.2) is 34.4 Å². The number of rotatable bonds is 3. The number of aromatic amines is 1. The Balaban J connectivity index is 1.70. The van der Waals surface area contributed by atoms with Gasteiger partial charge in [-0.15, -0.1) is 0 Å². The molecule has 1 N–H and O–H groups in total. The smallest absolute Gasteiger partial charge is 0.414 e. The number of H-pyrrole nitrogens is 1. The number of benzene rings is 1. The van der Waals surface area contributed by atoms with Gasteiger partial charge in [0.1, 0.15) is 6.61 Å². The van der Waals surface area contributed by atoms with Crippen LogP contribution in [0.3, 0.4) is 0 Å². The van der Waals surface area contributed by atoms with Gasteiger partial charge in [-0.3, -0.25) is 15.0 Å². The van der Waals surface area contributed by atoms with Crippen molar-refractivity contribution in [2.45, 2.75) is 0 Å². The van der Waals surface area contributed by atoms with Gasteiger partial charge in [-0.25, -0.2) is 4.79 Å². The van der Waals surface area contributed by atoms with E-state index in [1.54, 1.807) is 17.3 Å². The van der Waals surface area contributed by atoms with E-state index in [1.807, 2.05) is 42.5 Å². The molecule has 0 saturated carbocycles. The van der Waals surface area contributed by atoms with Gasteiger partial charge in [-0.05, 0) is 42.0 Å². The summed E-state index contributed by atoms with van der Waals surface area (Å²) in [5.74, 6) is 0. The van der Waals surface area contributed by atoms with Crippen LogP contribution in [0.25, 0.3) is 23.1 Å². The first-order valence-electron chi connectivity index (χ1n) is 7.32. The molecule has 1 aromatic carbocycles. The summed E-state index contributed by atoms with van der Waals surface area (Å²) in [4.78, 5) is 17.3. The van der Waals surface area contributed by atoms with Gasteiger partial charge in [0.05, 0.1) is 17.8 Å². The summed E-state index contributed by atoms with van der Waals surface area (Å²) in [6.45, 7) is 1.00. The average Bonchev–Trinajstić information content (AvgIpc) is 3.19. The Morgan fingerprint density at radius 3 is 2.83 bits per heavy atom. The number of nitrogens with zero attached hydrogens (tertiary/aromatic N) is 3. The topological polar surface area (TPSA) is 71.1 Å². The minimum Gasteiger partial charge on any atom is -0.447 e. The number of pyridine rings is 1. The molecule has 1 saturated heterocycles. The van der Waals surface area contributed by atoms with Crippen LogP contribution in [0.4, 0.5) is 10.5 Å². The van der Waals surface area contributed by atoms with Crippen molar-refractivity contribution in [1.82, 2.24) is 15.2 Å². The molecule has 3 aromatic rings. The SMILES string of the molecule is O=C1OCCN1c1ccc2[nH]nc(C=Cc3ccncc3)c2c1.